The molecule has 0 radical (unpaired) electrons. The molecule has 146 valence electrons. The average molecular weight is 399 g/mol. The topological polar surface area (TPSA) is 80.8 Å². The molecule has 2 aliphatic rings. The van der Waals surface area contributed by atoms with Gasteiger partial charge in [0.05, 0.1) is 29.2 Å². The summed E-state index contributed by atoms with van der Waals surface area (Å²) in [6.45, 7) is 0.761. The molecule has 1 saturated heterocycles. The predicted molar refractivity (Wildman–Crippen MR) is 103 cm³/mol. The minimum absolute atomic E-state index is 0.0165. The minimum atomic E-state index is -3.50. The van der Waals surface area contributed by atoms with Crippen LogP contribution in [0.25, 0.3) is 0 Å². The van der Waals surface area contributed by atoms with Gasteiger partial charge in [0.1, 0.15) is 11.4 Å². The number of sulfone groups is 1. The van der Waals surface area contributed by atoms with E-state index in [1.807, 2.05) is 6.07 Å². The average Bonchev–Trinajstić information content (AvgIpc) is 3.10. The number of likely N-dealkylation sites (tertiary alicyclic amines) is 1. The van der Waals surface area contributed by atoms with Crippen molar-refractivity contribution in [1.82, 2.24) is 4.90 Å². The molecule has 0 N–H and O–H groups in total. The van der Waals surface area contributed by atoms with E-state index in [9.17, 15) is 18.0 Å². The summed E-state index contributed by atoms with van der Waals surface area (Å²) >= 11 is 0. The molecule has 7 heteroatoms. The predicted octanol–water partition coefficient (Wildman–Crippen LogP) is 2.49. The van der Waals surface area contributed by atoms with Crippen LogP contribution in [0, 0.1) is 0 Å². The van der Waals surface area contributed by atoms with Crippen LogP contribution < -0.4 is 4.74 Å². The van der Waals surface area contributed by atoms with Gasteiger partial charge in [-0.2, -0.15) is 0 Å². The summed E-state index contributed by atoms with van der Waals surface area (Å²) in [5, 5.41) is 0. The van der Waals surface area contributed by atoms with E-state index in [0.29, 0.717) is 30.8 Å². The highest BCUT2D eigenvalue weighted by atomic mass is 32.2. The maximum atomic E-state index is 12.6. The van der Waals surface area contributed by atoms with Crippen molar-refractivity contribution < 1.29 is 22.7 Å². The van der Waals surface area contributed by atoms with E-state index in [1.165, 1.54) is 12.1 Å². The normalized spacial score (nSPS) is 21.4. The lowest BCUT2D eigenvalue weighted by Gasteiger charge is -2.34. The number of ketones is 1. The van der Waals surface area contributed by atoms with Gasteiger partial charge in [-0.05, 0) is 24.3 Å². The van der Waals surface area contributed by atoms with Crippen molar-refractivity contribution in [3.05, 3.63) is 60.2 Å². The lowest BCUT2D eigenvalue weighted by Crippen LogP contribution is -2.45. The highest BCUT2D eigenvalue weighted by Gasteiger charge is 2.46. The molecule has 1 spiro atoms. The first kappa shape index (κ1) is 18.7. The number of carbonyl (C=O) groups is 2. The Morgan fingerprint density at radius 3 is 2.57 bits per heavy atom. The second-order valence-electron chi connectivity index (χ2n) is 7.33. The molecule has 0 aromatic heterocycles. The van der Waals surface area contributed by atoms with Gasteiger partial charge in [-0.1, -0.05) is 30.3 Å². The molecule has 0 bridgehead atoms. The number of para-hydroxylation sites is 1. The van der Waals surface area contributed by atoms with E-state index < -0.39 is 15.4 Å². The summed E-state index contributed by atoms with van der Waals surface area (Å²) in [7, 11) is -3.50. The Kier molecular flexibility index (Phi) is 4.71. The molecule has 1 unspecified atom stereocenters. The number of hydrogen-bond acceptors (Lipinski definition) is 5. The molecule has 2 aromatic rings. The third kappa shape index (κ3) is 3.54. The monoisotopic (exact) mass is 399 g/mol. The number of benzene rings is 2. The van der Waals surface area contributed by atoms with Crippen LogP contribution >= 0.6 is 0 Å². The summed E-state index contributed by atoms with van der Waals surface area (Å²) < 4.78 is 30.9. The summed E-state index contributed by atoms with van der Waals surface area (Å²) in [6.07, 6.45) is 0.707. The number of Topliss-reactive ketones (excluding diaryl/α,β-unsaturated/α-hetero) is 1. The number of fused-ring (bicyclic) bond motifs is 1. The van der Waals surface area contributed by atoms with Crippen molar-refractivity contribution >= 4 is 21.5 Å². The molecular formula is C21H21NO5S. The Bertz CT molecular complexity index is 1020. The van der Waals surface area contributed by atoms with Gasteiger partial charge in [-0.3, -0.25) is 9.59 Å². The van der Waals surface area contributed by atoms with E-state index in [4.69, 9.17) is 4.74 Å². The Balaban J connectivity index is 1.41. The lowest BCUT2D eigenvalue weighted by atomic mass is 9.89. The molecule has 1 fully saturated rings. The molecule has 2 heterocycles. The van der Waals surface area contributed by atoms with Crippen LogP contribution in [0.1, 0.15) is 29.6 Å². The summed E-state index contributed by atoms with van der Waals surface area (Å²) in [5.41, 5.74) is -0.133. The van der Waals surface area contributed by atoms with E-state index in [-0.39, 0.29) is 35.2 Å². The highest BCUT2D eigenvalue weighted by Crippen LogP contribution is 2.38. The number of amides is 1. The van der Waals surface area contributed by atoms with E-state index in [2.05, 4.69) is 0 Å². The second-order valence-corrected chi connectivity index (χ2v) is 9.44. The van der Waals surface area contributed by atoms with Crippen LogP contribution in [-0.4, -0.2) is 49.5 Å². The smallest absolute Gasteiger partial charge is 0.223 e. The summed E-state index contributed by atoms with van der Waals surface area (Å²) in [6, 6.07) is 15.3. The molecular weight excluding hydrogens is 378 g/mol. The van der Waals surface area contributed by atoms with Crippen LogP contribution in [0.2, 0.25) is 0 Å². The number of rotatable bonds is 4. The molecule has 28 heavy (non-hydrogen) atoms. The van der Waals surface area contributed by atoms with Crippen molar-refractivity contribution in [2.24, 2.45) is 0 Å². The van der Waals surface area contributed by atoms with Gasteiger partial charge in [-0.15, -0.1) is 0 Å². The van der Waals surface area contributed by atoms with E-state index >= 15 is 0 Å². The fourth-order valence-corrected chi connectivity index (χ4v) is 5.10. The fourth-order valence-electron chi connectivity index (χ4n) is 3.85. The SMILES string of the molecule is O=C1CC2(CCN(C(=O)CCS(=O)(=O)c3ccccc3)C2)Oc2ccccc21. The molecule has 1 atom stereocenters. The first-order valence-electron chi connectivity index (χ1n) is 9.25. The van der Waals surface area contributed by atoms with Crippen molar-refractivity contribution in [3.63, 3.8) is 0 Å². The Labute approximate surface area is 164 Å². The van der Waals surface area contributed by atoms with Gasteiger partial charge in [0.2, 0.25) is 5.91 Å². The molecule has 4 rings (SSSR count). The van der Waals surface area contributed by atoms with Crippen LogP contribution in [0.4, 0.5) is 0 Å². The van der Waals surface area contributed by atoms with Gasteiger partial charge in [0.15, 0.2) is 15.6 Å². The largest absolute Gasteiger partial charge is 0.484 e. The first-order valence-corrected chi connectivity index (χ1v) is 10.9. The van der Waals surface area contributed by atoms with Crippen molar-refractivity contribution in [1.29, 1.82) is 0 Å². The zero-order valence-corrected chi connectivity index (χ0v) is 16.2. The van der Waals surface area contributed by atoms with E-state index in [1.54, 1.807) is 41.3 Å². The zero-order valence-electron chi connectivity index (χ0n) is 15.3. The molecule has 1 amide bonds. The molecule has 2 aromatic carbocycles. The number of ether oxygens (including phenoxy) is 1. The number of nitrogens with zero attached hydrogens (tertiary/aromatic N) is 1. The minimum Gasteiger partial charge on any atom is -0.484 e. The third-order valence-electron chi connectivity index (χ3n) is 5.35. The van der Waals surface area contributed by atoms with Gasteiger partial charge >= 0.3 is 0 Å². The second kappa shape index (κ2) is 7.05. The van der Waals surface area contributed by atoms with Gasteiger partial charge in [0.25, 0.3) is 0 Å². The third-order valence-corrected chi connectivity index (χ3v) is 7.08. The van der Waals surface area contributed by atoms with Crippen LogP contribution in [0.5, 0.6) is 5.75 Å². The Hall–Kier alpha value is -2.67. The molecule has 6 nitrogen and oxygen atoms in total. The first-order chi connectivity index (χ1) is 13.4. The van der Waals surface area contributed by atoms with Crippen molar-refractivity contribution in [3.8, 4) is 5.75 Å². The number of carbonyl (C=O) groups excluding carboxylic acids is 2. The van der Waals surface area contributed by atoms with Crippen molar-refractivity contribution in [2.75, 3.05) is 18.8 Å². The van der Waals surface area contributed by atoms with Gasteiger partial charge in [-0.25, -0.2) is 8.42 Å². The standard InChI is InChI=1S/C21H21NO5S/c23-18-14-21(27-19-9-5-4-8-17(18)19)11-12-22(15-21)20(24)10-13-28(25,26)16-6-2-1-3-7-16/h1-9H,10-15H2. The maximum Gasteiger partial charge on any atom is 0.223 e. The Morgan fingerprint density at radius 1 is 1.07 bits per heavy atom. The molecule has 2 aliphatic heterocycles. The summed E-state index contributed by atoms with van der Waals surface area (Å²) in [5.74, 6) is 0.107. The lowest BCUT2D eigenvalue weighted by molar-refractivity contribution is -0.130. The fraction of sp³-hybridized carbons (Fsp3) is 0.333. The van der Waals surface area contributed by atoms with Crippen LogP contribution in [0.3, 0.4) is 0 Å². The van der Waals surface area contributed by atoms with Gasteiger partial charge < -0.3 is 9.64 Å². The molecule has 0 saturated carbocycles. The van der Waals surface area contributed by atoms with Crippen LogP contribution in [0.15, 0.2) is 59.5 Å². The van der Waals surface area contributed by atoms with E-state index in [0.717, 1.165) is 0 Å². The quantitative estimate of drug-likeness (QED) is 0.789. The summed E-state index contributed by atoms with van der Waals surface area (Å²) in [4.78, 5) is 26.9. The van der Waals surface area contributed by atoms with Crippen molar-refractivity contribution in [2.45, 2.75) is 29.8 Å². The van der Waals surface area contributed by atoms with Gasteiger partial charge in [0, 0.05) is 19.4 Å². The molecule has 0 aliphatic carbocycles. The highest BCUT2D eigenvalue weighted by molar-refractivity contribution is 7.91. The Morgan fingerprint density at radius 2 is 1.79 bits per heavy atom. The van der Waals surface area contributed by atoms with Crippen LogP contribution in [-0.2, 0) is 14.6 Å². The number of hydrogen-bond donors (Lipinski definition) is 0. The zero-order chi connectivity index (χ0) is 19.8. The maximum absolute atomic E-state index is 12.6.